The molecule has 3 heteroatoms. The fourth-order valence-corrected chi connectivity index (χ4v) is 2.38. The van der Waals surface area contributed by atoms with Crippen LogP contribution in [0.1, 0.15) is 12.5 Å². The van der Waals surface area contributed by atoms with Gasteiger partial charge in [0.2, 0.25) is 0 Å². The molecular formula is C10H11IO2. The van der Waals surface area contributed by atoms with E-state index in [4.69, 9.17) is 9.47 Å². The highest BCUT2D eigenvalue weighted by Crippen LogP contribution is 2.33. The summed E-state index contributed by atoms with van der Waals surface area (Å²) in [4.78, 5) is 0. The van der Waals surface area contributed by atoms with Gasteiger partial charge in [-0.1, -0.05) is 18.2 Å². The monoisotopic (exact) mass is 290 g/mol. The van der Waals surface area contributed by atoms with E-state index in [1.54, 1.807) is 0 Å². The molecule has 1 aliphatic heterocycles. The lowest BCUT2D eigenvalue weighted by molar-refractivity contribution is -0.150. The van der Waals surface area contributed by atoms with E-state index in [0.29, 0.717) is 13.2 Å². The third kappa shape index (κ3) is 1.73. The number of benzene rings is 1. The topological polar surface area (TPSA) is 18.5 Å². The van der Waals surface area contributed by atoms with Gasteiger partial charge in [-0.2, -0.15) is 0 Å². The second kappa shape index (κ2) is 3.55. The van der Waals surface area contributed by atoms with Crippen LogP contribution in [0, 0.1) is 3.57 Å². The zero-order chi connectivity index (χ0) is 9.31. The largest absolute Gasteiger partial charge is 0.344 e. The van der Waals surface area contributed by atoms with Crippen molar-refractivity contribution in [1.29, 1.82) is 0 Å². The van der Waals surface area contributed by atoms with Crippen LogP contribution >= 0.6 is 22.6 Å². The Kier molecular flexibility index (Phi) is 2.58. The first-order valence-electron chi connectivity index (χ1n) is 4.25. The quantitative estimate of drug-likeness (QED) is 0.740. The molecule has 0 saturated carbocycles. The molecule has 1 heterocycles. The van der Waals surface area contributed by atoms with E-state index in [-0.39, 0.29) is 0 Å². The third-order valence-electron chi connectivity index (χ3n) is 2.20. The molecule has 0 unspecified atom stereocenters. The molecule has 0 bridgehead atoms. The van der Waals surface area contributed by atoms with Crippen LogP contribution in [0.5, 0.6) is 0 Å². The summed E-state index contributed by atoms with van der Waals surface area (Å²) in [6.45, 7) is 3.33. The summed E-state index contributed by atoms with van der Waals surface area (Å²) in [5.41, 5.74) is 1.12. The molecule has 0 radical (unpaired) electrons. The van der Waals surface area contributed by atoms with Crippen molar-refractivity contribution >= 4 is 22.6 Å². The van der Waals surface area contributed by atoms with Gasteiger partial charge in [-0.3, -0.25) is 0 Å². The molecule has 2 rings (SSSR count). The summed E-state index contributed by atoms with van der Waals surface area (Å²) in [6.07, 6.45) is 0. The van der Waals surface area contributed by atoms with Crippen molar-refractivity contribution in [3.05, 3.63) is 33.4 Å². The minimum atomic E-state index is -0.530. The van der Waals surface area contributed by atoms with E-state index in [2.05, 4.69) is 28.7 Å². The average Bonchev–Trinajstić information content (AvgIpc) is 2.54. The Balaban J connectivity index is 2.39. The number of rotatable bonds is 1. The Bertz CT molecular complexity index is 306. The predicted octanol–water partition coefficient (Wildman–Crippen LogP) is 2.51. The van der Waals surface area contributed by atoms with Gasteiger partial charge >= 0.3 is 0 Å². The lowest BCUT2D eigenvalue weighted by Crippen LogP contribution is -2.23. The number of ether oxygens (including phenoxy) is 2. The van der Waals surface area contributed by atoms with Gasteiger partial charge in [0, 0.05) is 9.13 Å². The smallest absolute Gasteiger partial charge is 0.193 e. The lowest BCUT2D eigenvalue weighted by atomic mass is 10.1. The fraction of sp³-hybridized carbons (Fsp3) is 0.400. The summed E-state index contributed by atoms with van der Waals surface area (Å²) < 4.78 is 12.3. The zero-order valence-corrected chi connectivity index (χ0v) is 9.58. The van der Waals surface area contributed by atoms with Crippen LogP contribution in [-0.2, 0) is 15.3 Å². The predicted molar refractivity (Wildman–Crippen MR) is 58.4 cm³/mol. The van der Waals surface area contributed by atoms with E-state index in [9.17, 15) is 0 Å². The van der Waals surface area contributed by atoms with Gasteiger partial charge in [-0.05, 0) is 35.6 Å². The van der Waals surface area contributed by atoms with Crippen molar-refractivity contribution < 1.29 is 9.47 Å². The van der Waals surface area contributed by atoms with Crippen molar-refractivity contribution in [3.8, 4) is 0 Å². The molecule has 0 aliphatic carbocycles. The highest BCUT2D eigenvalue weighted by Gasteiger charge is 2.34. The van der Waals surface area contributed by atoms with Gasteiger partial charge < -0.3 is 9.47 Å². The molecule has 1 saturated heterocycles. The molecule has 2 nitrogen and oxygen atoms in total. The molecule has 70 valence electrons. The number of hydrogen-bond donors (Lipinski definition) is 0. The van der Waals surface area contributed by atoms with Gasteiger partial charge in [0.25, 0.3) is 0 Å². The summed E-state index contributed by atoms with van der Waals surface area (Å²) in [6, 6.07) is 8.14. The normalized spacial score (nSPS) is 20.5. The van der Waals surface area contributed by atoms with E-state index in [1.165, 1.54) is 3.57 Å². The van der Waals surface area contributed by atoms with Crippen molar-refractivity contribution in [3.63, 3.8) is 0 Å². The molecule has 1 aliphatic rings. The van der Waals surface area contributed by atoms with E-state index >= 15 is 0 Å². The van der Waals surface area contributed by atoms with Crippen LogP contribution in [0.3, 0.4) is 0 Å². The Morgan fingerprint density at radius 3 is 2.46 bits per heavy atom. The molecule has 1 fully saturated rings. The van der Waals surface area contributed by atoms with Gasteiger partial charge in [0.05, 0.1) is 13.2 Å². The maximum absolute atomic E-state index is 5.58. The molecule has 0 spiro atoms. The van der Waals surface area contributed by atoms with Crippen LogP contribution in [0.25, 0.3) is 0 Å². The molecule has 0 N–H and O–H groups in total. The first kappa shape index (κ1) is 9.43. The Labute approximate surface area is 91.4 Å². The van der Waals surface area contributed by atoms with Gasteiger partial charge in [0.1, 0.15) is 0 Å². The highest BCUT2D eigenvalue weighted by molar-refractivity contribution is 14.1. The molecule has 1 aromatic carbocycles. The standard InChI is InChI=1S/C10H11IO2/c1-10(12-6-7-13-10)8-4-2-3-5-9(8)11/h2-5H,6-7H2,1H3. The average molecular weight is 290 g/mol. The fourth-order valence-electron chi connectivity index (χ4n) is 1.50. The maximum atomic E-state index is 5.58. The molecule has 0 aromatic heterocycles. The summed E-state index contributed by atoms with van der Waals surface area (Å²) in [5.74, 6) is -0.530. The minimum Gasteiger partial charge on any atom is -0.344 e. The lowest BCUT2D eigenvalue weighted by Gasteiger charge is -2.23. The summed E-state index contributed by atoms with van der Waals surface area (Å²) in [7, 11) is 0. The maximum Gasteiger partial charge on any atom is 0.193 e. The third-order valence-corrected chi connectivity index (χ3v) is 3.14. The van der Waals surface area contributed by atoms with Crippen LogP contribution in [0.4, 0.5) is 0 Å². The Morgan fingerprint density at radius 2 is 1.85 bits per heavy atom. The highest BCUT2D eigenvalue weighted by atomic mass is 127. The van der Waals surface area contributed by atoms with Gasteiger partial charge in [-0.25, -0.2) is 0 Å². The van der Waals surface area contributed by atoms with E-state index < -0.39 is 5.79 Å². The molecular weight excluding hydrogens is 279 g/mol. The number of halogens is 1. The van der Waals surface area contributed by atoms with Crippen molar-refractivity contribution in [1.82, 2.24) is 0 Å². The van der Waals surface area contributed by atoms with Crippen molar-refractivity contribution in [2.45, 2.75) is 12.7 Å². The molecule has 0 atom stereocenters. The van der Waals surface area contributed by atoms with E-state index in [0.717, 1.165) is 5.56 Å². The molecule has 0 amide bonds. The van der Waals surface area contributed by atoms with Gasteiger partial charge in [0.15, 0.2) is 5.79 Å². The SMILES string of the molecule is CC1(c2ccccc2I)OCCO1. The van der Waals surface area contributed by atoms with E-state index in [1.807, 2.05) is 25.1 Å². The summed E-state index contributed by atoms with van der Waals surface area (Å²) in [5, 5.41) is 0. The van der Waals surface area contributed by atoms with Crippen molar-refractivity contribution in [2.75, 3.05) is 13.2 Å². The summed E-state index contributed by atoms with van der Waals surface area (Å²) >= 11 is 2.30. The minimum absolute atomic E-state index is 0.530. The van der Waals surface area contributed by atoms with Gasteiger partial charge in [-0.15, -0.1) is 0 Å². The first-order valence-corrected chi connectivity index (χ1v) is 5.33. The van der Waals surface area contributed by atoms with Crippen LogP contribution < -0.4 is 0 Å². The molecule has 1 aromatic rings. The number of hydrogen-bond acceptors (Lipinski definition) is 2. The zero-order valence-electron chi connectivity index (χ0n) is 7.42. The first-order chi connectivity index (χ1) is 6.22. The van der Waals surface area contributed by atoms with Crippen LogP contribution in [0.15, 0.2) is 24.3 Å². The molecule has 13 heavy (non-hydrogen) atoms. The van der Waals surface area contributed by atoms with Crippen LogP contribution in [0.2, 0.25) is 0 Å². The Hall–Kier alpha value is -0.130. The second-order valence-corrected chi connectivity index (χ2v) is 4.28. The van der Waals surface area contributed by atoms with Crippen molar-refractivity contribution in [2.24, 2.45) is 0 Å². The Morgan fingerprint density at radius 1 is 1.23 bits per heavy atom. The van der Waals surface area contributed by atoms with Crippen LogP contribution in [-0.4, -0.2) is 13.2 Å². The second-order valence-electron chi connectivity index (χ2n) is 3.12.